The number of benzene rings is 1. The topological polar surface area (TPSA) is 88.2 Å². The van der Waals surface area contributed by atoms with Crippen molar-refractivity contribution in [3.8, 4) is 11.5 Å². The summed E-state index contributed by atoms with van der Waals surface area (Å²) in [6.45, 7) is 0.804. The SMILES string of the molecule is CN(C)S(=O)(=O)N1CCCC(C(=O)Nc2ccc3c(c2)OCO3)C1. The van der Waals surface area contributed by atoms with E-state index in [0.717, 1.165) is 0 Å². The first-order valence-electron chi connectivity index (χ1n) is 7.76. The molecule has 1 aromatic rings. The zero-order chi connectivity index (χ0) is 17.3. The Morgan fingerprint density at radius 2 is 2.04 bits per heavy atom. The summed E-state index contributed by atoms with van der Waals surface area (Å²) in [5.74, 6) is 0.675. The predicted octanol–water partition coefficient (Wildman–Crippen LogP) is 0.872. The zero-order valence-corrected chi connectivity index (χ0v) is 14.5. The van der Waals surface area contributed by atoms with Crippen LogP contribution in [0.5, 0.6) is 11.5 Å². The molecule has 9 heteroatoms. The van der Waals surface area contributed by atoms with Gasteiger partial charge in [0.1, 0.15) is 0 Å². The molecule has 1 amide bonds. The third kappa shape index (κ3) is 3.33. The Morgan fingerprint density at radius 3 is 2.79 bits per heavy atom. The van der Waals surface area contributed by atoms with Gasteiger partial charge in [0.15, 0.2) is 11.5 Å². The van der Waals surface area contributed by atoms with Gasteiger partial charge in [-0.05, 0) is 25.0 Å². The standard InChI is InChI=1S/C15H21N3O5S/c1-17(2)24(20,21)18-7-3-4-11(9-18)15(19)16-12-5-6-13-14(8-12)23-10-22-13/h5-6,8,11H,3-4,7,9-10H2,1-2H3,(H,16,19). The molecule has 1 atom stereocenters. The van der Waals surface area contributed by atoms with E-state index in [9.17, 15) is 13.2 Å². The lowest BCUT2D eigenvalue weighted by Crippen LogP contribution is -2.47. The molecule has 1 aromatic carbocycles. The fraction of sp³-hybridized carbons (Fsp3) is 0.533. The minimum absolute atomic E-state index is 0.173. The van der Waals surface area contributed by atoms with Crippen LogP contribution in [0.4, 0.5) is 5.69 Å². The fourth-order valence-corrected chi connectivity index (χ4v) is 4.01. The summed E-state index contributed by atoms with van der Waals surface area (Å²) in [6, 6.07) is 5.18. The Balaban J connectivity index is 1.67. The lowest BCUT2D eigenvalue weighted by atomic mass is 9.98. The predicted molar refractivity (Wildman–Crippen MR) is 88.1 cm³/mol. The number of ether oxygens (including phenoxy) is 2. The summed E-state index contributed by atoms with van der Waals surface area (Å²) in [4.78, 5) is 12.5. The molecule has 24 heavy (non-hydrogen) atoms. The first-order chi connectivity index (χ1) is 11.4. The Hall–Kier alpha value is -1.84. The molecule has 3 rings (SSSR count). The summed E-state index contributed by atoms with van der Waals surface area (Å²) in [6.07, 6.45) is 1.32. The molecule has 0 radical (unpaired) electrons. The molecule has 2 aliphatic rings. The van der Waals surface area contributed by atoms with Crippen molar-refractivity contribution < 1.29 is 22.7 Å². The third-order valence-corrected chi connectivity index (χ3v) is 6.09. The molecule has 0 spiro atoms. The number of rotatable bonds is 4. The molecule has 1 unspecified atom stereocenters. The maximum atomic E-state index is 12.5. The number of amides is 1. The van der Waals surface area contributed by atoms with Gasteiger partial charge < -0.3 is 14.8 Å². The summed E-state index contributed by atoms with van der Waals surface area (Å²) in [7, 11) is -0.514. The van der Waals surface area contributed by atoms with Crippen LogP contribution >= 0.6 is 0 Å². The van der Waals surface area contributed by atoms with Crippen LogP contribution in [0.3, 0.4) is 0 Å². The highest BCUT2D eigenvalue weighted by molar-refractivity contribution is 7.86. The largest absolute Gasteiger partial charge is 0.454 e. The van der Waals surface area contributed by atoms with Gasteiger partial charge in [-0.25, -0.2) is 0 Å². The second-order valence-electron chi connectivity index (χ2n) is 6.04. The summed E-state index contributed by atoms with van der Waals surface area (Å²) in [5, 5.41) is 2.83. The van der Waals surface area contributed by atoms with Gasteiger partial charge in [-0.2, -0.15) is 17.0 Å². The van der Waals surface area contributed by atoms with Crippen LogP contribution in [-0.4, -0.2) is 56.9 Å². The van der Waals surface area contributed by atoms with Gasteiger partial charge in [0, 0.05) is 38.9 Å². The highest BCUT2D eigenvalue weighted by Crippen LogP contribution is 2.34. The quantitative estimate of drug-likeness (QED) is 0.866. The summed E-state index contributed by atoms with van der Waals surface area (Å²) >= 11 is 0. The molecule has 0 aliphatic carbocycles. The molecule has 2 heterocycles. The average molecular weight is 355 g/mol. The smallest absolute Gasteiger partial charge is 0.281 e. The monoisotopic (exact) mass is 355 g/mol. The molecule has 0 aromatic heterocycles. The van der Waals surface area contributed by atoms with Crippen LogP contribution in [0, 0.1) is 5.92 Å². The van der Waals surface area contributed by atoms with Crippen molar-refractivity contribution in [1.29, 1.82) is 0 Å². The summed E-state index contributed by atoms with van der Waals surface area (Å²) in [5.41, 5.74) is 0.608. The van der Waals surface area contributed by atoms with E-state index >= 15 is 0 Å². The number of carbonyl (C=O) groups excluding carboxylic acids is 1. The van der Waals surface area contributed by atoms with E-state index in [1.165, 1.54) is 22.7 Å². The van der Waals surface area contributed by atoms with Crippen LogP contribution in [0.1, 0.15) is 12.8 Å². The van der Waals surface area contributed by atoms with Crippen LogP contribution in [0.15, 0.2) is 18.2 Å². The van der Waals surface area contributed by atoms with E-state index in [1.54, 1.807) is 18.2 Å². The van der Waals surface area contributed by atoms with Crippen molar-refractivity contribution in [3.05, 3.63) is 18.2 Å². The first-order valence-corrected chi connectivity index (χ1v) is 9.16. The van der Waals surface area contributed by atoms with E-state index in [0.29, 0.717) is 36.6 Å². The van der Waals surface area contributed by atoms with Crippen LogP contribution in [0.2, 0.25) is 0 Å². The average Bonchev–Trinajstić information content (AvgIpc) is 3.02. The molecule has 1 N–H and O–H groups in total. The lowest BCUT2D eigenvalue weighted by molar-refractivity contribution is -0.120. The van der Waals surface area contributed by atoms with Gasteiger partial charge in [-0.3, -0.25) is 4.79 Å². The molecule has 0 saturated carbocycles. The summed E-state index contributed by atoms with van der Waals surface area (Å²) < 4.78 is 37.5. The minimum Gasteiger partial charge on any atom is -0.454 e. The third-order valence-electron chi connectivity index (χ3n) is 4.18. The number of anilines is 1. The van der Waals surface area contributed by atoms with E-state index in [4.69, 9.17) is 9.47 Å². The maximum Gasteiger partial charge on any atom is 0.281 e. The van der Waals surface area contributed by atoms with Gasteiger partial charge in [0.2, 0.25) is 12.7 Å². The second-order valence-corrected chi connectivity index (χ2v) is 8.19. The molecular weight excluding hydrogens is 334 g/mol. The molecule has 0 bridgehead atoms. The van der Waals surface area contributed by atoms with E-state index in [-0.39, 0.29) is 25.2 Å². The van der Waals surface area contributed by atoms with Gasteiger partial charge in [0.05, 0.1) is 5.92 Å². The van der Waals surface area contributed by atoms with Gasteiger partial charge in [-0.1, -0.05) is 0 Å². The van der Waals surface area contributed by atoms with E-state index < -0.39 is 10.2 Å². The number of hydrogen-bond donors (Lipinski definition) is 1. The van der Waals surface area contributed by atoms with E-state index in [1.807, 2.05) is 0 Å². The minimum atomic E-state index is -3.50. The lowest BCUT2D eigenvalue weighted by Gasteiger charge is -2.32. The Kier molecular flexibility index (Phi) is 4.66. The molecule has 132 valence electrons. The molecular formula is C15H21N3O5S. The van der Waals surface area contributed by atoms with Crippen LogP contribution in [0.25, 0.3) is 0 Å². The molecule has 1 fully saturated rings. The van der Waals surface area contributed by atoms with Crippen molar-refractivity contribution in [1.82, 2.24) is 8.61 Å². The molecule has 8 nitrogen and oxygen atoms in total. The number of nitrogens with zero attached hydrogens (tertiary/aromatic N) is 2. The van der Waals surface area contributed by atoms with Crippen molar-refractivity contribution in [2.75, 3.05) is 39.3 Å². The Labute approximate surface area is 141 Å². The highest BCUT2D eigenvalue weighted by Gasteiger charge is 2.33. The normalized spacial score (nSPS) is 21.0. The molecule has 2 aliphatic heterocycles. The van der Waals surface area contributed by atoms with Crippen molar-refractivity contribution in [3.63, 3.8) is 0 Å². The van der Waals surface area contributed by atoms with Crippen LogP contribution < -0.4 is 14.8 Å². The second kappa shape index (κ2) is 6.58. The van der Waals surface area contributed by atoms with Gasteiger partial charge >= 0.3 is 0 Å². The fourth-order valence-electron chi connectivity index (χ4n) is 2.82. The van der Waals surface area contributed by atoms with Crippen LogP contribution in [-0.2, 0) is 15.0 Å². The highest BCUT2D eigenvalue weighted by atomic mass is 32.2. The van der Waals surface area contributed by atoms with Crippen molar-refractivity contribution >= 4 is 21.8 Å². The number of carbonyl (C=O) groups is 1. The number of nitrogens with one attached hydrogen (secondary N) is 1. The maximum absolute atomic E-state index is 12.5. The number of fused-ring (bicyclic) bond motifs is 1. The van der Waals surface area contributed by atoms with Crippen molar-refractivity contribution in [2.45, 2.75) is 12.8 Å². The first kappa shape index (κ1) is 17.0. The van der Waals surface area contributed by atoms with Crippen molar-refractivity contribution in [2.24, 2.45) is 5.92 Å². The number of piperidine rings is 1. The van der Waals surface area contributed by atoms with Gasteiger partial charge in [0.25, 0.3) is 10.2 Å². The Bertz CT molecular complexity index is 735. The molecule has 1 saturated heterocycles. The van der Waals surface area contributed by atoms with E-state index in [2.05, 4.69) is 5.32 Å². The zero-order valence-electron chi connectivity index (χ0n) is 13.7. The van der Waals surface area contributed by atoms with Gasteiger partial charge in [-0.15, -0.1) is 0 Å². The Morgan fingerprint density at radius 1 is 1.29 bits per heavy atom. The number of hydrogen-bond acceptors (Lipinski definition) is 5.